The monoisotopic (exact) mass is 472 g/mol. The van der Waals surface area contributed by atoms with Crippen molar-refractivity contribution in [3.8, 4) is 0 Å². The lowest BCUT2D eigenvalue weighted by Crippen LogP contribution is -2.55. The second kappa shape index (κ2) is 20.1. The Morgan fingerprint density at radius 2 is 0.727 bits per heavy atom. The molecule has 0 aliphatic rings. The molecular weight excluding hydrogens is 412 g/mol. The van der Waals surface area contributed by atoms with Gasteiger partial charge in [-0.15, -0.1) is 0 Å². The van der Waals surface area contributed by atoms with E-state index in [4.69, 9.17) is 0 Å². The van der Waals surface area contributed by atoms with Crippen LogP contribution in [0.25, 0.3) is 0 Å². The first-order valence-corrected chi connectivity index (χ1v) is 14.3. The van der Waals surface area contributed by atoms with E-state index in [1.54, 1.807) is 0 Å². The molecule has 0 heterocycles. The molecular formula is C29H60O4. The van der Waals surface area contributed by atoms with Crippen molar-refractivity contribution in [2.24, 2.45) is 17.3 Å². The summed E-state index contributed by atoms with van der Waals surface area (Å²) < 4.78 is 0. The van der Waals surface area contributed by atoms with Crippen LogP contribution in [-0.2, 0) is 0 Å². The van der Waals surface area contributed by atoms with E-state index in [0.717, 1.165) is 37.5 Å². The van der Waals surface area contributed by atoms with Gasteiger partial charge in [-0.25, -0.2) is 0 Å². The molecule has 0 unspecified atom stereocenters. The van der Waals surface area contributed by atoms with Crippen molar-refractivity contribution in [2.45, 2.75) is 149 Å². The second-order valence-corrected chi connectivity index (χ2v) is 11.6. The molecule has 0 saturated carbocycles. The van der Waals surface area contributed by atoms with Crippen LogP contribution in [0.4, 0.5) is 0 Å². The highest BCUT2D eigenvalue weighted by Gasteiger charge is 2.48. The van der Waals surface area contributed by atoms with Gasteiger partial charge in [0.25, 0.3) is 0 Å². The molecule has 4 heteroatoms. The predicted octanol–water partition coefficient (Wildman–Crippen LogP) is 7.01. The summed E-state index contributed by atoms with van der Waals surface area (Å²) in [4.78, 5) is 0. The van der Waals surface area contributed by atoms with Gasteiger partial charge in [0.2, 0.25) is 0 Å². The lowest BCUT2D eigenvalue weighted by Gasteiger charge is -2.44. The third-order valence-corrected chi connectivity index (χ3v) is 7.64. The summed E-state index contributed by atoms with van der Waals surface area (Å²) in [7, 11) is 0. The van der Waals surface area contributed by atoms with Crippen LogP contribution in [0.2, 0.25) is 0 Å². The number of aliphatic hydroxyl groups is 4. The minimum Gasteiger partial charge on any atom is -0.395 e. The Balaban J connectivity index is 4.32. The van der Waals surface area contributed by atoms with Gasteiger partial charge in [0.15, 0.2) is 0 Å². The molecule has 0 aliphatic heterocycles. The molecule has 0 aliphatic carbocycles. The van der Waals surface area contributed by atoms with E-state index in [-0.39, 0.29) is 19.8 Å². The topological polar surface area (TPSA) is 80.9 Å². The molecule has 0 rings (SSSR count). The van der Waals surface area contributed by atoms with E-state index in [1.165, 1.54) is 77.0 Å². The SMILES string of the molecule is CC(C)CCCCCCCCCC(O)(CCCCCCCCCC(C)C)C(CO)(CO)CO. The summed E-state index contributed by atoms with van der Waals surface area (Å²) >= 11 is 0. The summed E-state index contributed by atoms with van der Waals surface area (Å²) in [5, 5.41) is 41.4. The molecule has 0 amide bonds. The first-order chi connectivity index (χ1) is 15.8. The Morgan fingerprint density at radius 3 is 1.00 bits per heavy atom. The second-order valence-electron chi connectivity index (χ2n) is 11.6. The highest BCUT2D eigenvalue weighted by Crippen LogP contribution is 2.39. The first kappa shape index (κ1) is 32.8. The Bertz CT molecular complexity index is 384. The molecule has 200 valence electrons. The van der Waals surface area contributed by atoms with Gasteiger partial charge in [0.05, 0.1) is 30.8 Å². The summed E-state index contributed by atoms with van der Waals surface area (Å²) in [5.74, 6) is 1.59. The van der Waals surface area contributed by atoms with Crippen LogP contribution in [0, 0.1) is 17.3 Å². The fourth-order valence-corrected chi connectivity index (χ4v) is 4.95. The lowest BCUT2D eigenvalue weighted by molar-refractivity contribution is -0.162. The highest BCUT2D eigenvalue weighted by atomic mass is 16.3. The van der Waals surface area contributed by atoms with Gasteiger partial charge in [0, 0.05) is 0 Å². The molecule has 0 aromatic carbocycles. The van der Waals surface area contributed by atoms with E-state index in [9.17, 15) is 20.4 Å². The Kier molecular flexibility index (Phi) is 20.0. The van der Waals surface area contributed by atoms with Gasteiger partial charge in [-0.05, 0) is 24.7 Å². The first-order valence-electron chi connectivity index (χ1n) is 14.3. The van der Waals surface area contributed by atoms with Crippen LogP contribution >= 0.6 is 0 Å². The molecule has 4 N–H and O–H groups in total. The van der Waals surface area contributed by atoms with Gasteiger partial charge >= 0.3 is 0 Å². The number of aliphatic hydroxyl groups excluding tert-OH is 3. The van der Waals surface area contributed by atoms with E-state index >= 15 is 0 Å². The van der Waals surface area contributed by atoms with Crippen LogP contribution in [0.5, 0.6) is 0 Å². The van der Waals surface area contributed by atoms with Crippen molar-refractivity contribution >= 4 is 0 Å². The zero-order valence-corrected chi connectivity index (χ0v) is 22.8. The minimum absolute atomic E-state index is 0.387. The summed E-state index contributed by atoms with van der Waals surface area (Å²) in [6.07, 6.45) is 20.2. The third kappa shape index (κ3) is 14.8. The van der Waals surface area contributed by atoms with E-state index in [1.807, 2.05) is 0 Å². The van der Waals surface area contributed by atoms with Crippen LogP contribution in [0.15, 0.2) is 0 Å². The normalized spacial score (nSPS) is 12.9. The van der Waals surface area contributed by atoms with Crippen LogP contribution in [0.3, 0.4) is 0 Å². The maximum Gasteiger partial charge on any atom is 0.0770 e. The van der Waals surface area contributed by atoms with Crippen molar-refractivity contribution in [2.75, 3.05) is 19.8 Å². The maximum absolute atomic E-state index is 11.5. The van der Waals surface area contributed by atoms with Gasteiger partial charge in [0.1, 0.15) is 0 Å². The molecule has 0 aromatic heterocycles. The molecule has 0 spiro atoms. The van der Waals surface area contributed by atoms with E-state index < -0.39 is 11.0 Å². The van der Waals surface area contributed by atoms with Crippen molar-refractivity contribution in [1.29, 1.82) is 0 Å². The fraction of sp³-hybridized carbons (Fsp3) is 1.00. The Hall–Kier alpha value is -0.160. The molecule has 0 atom stereocenters. The van der Waals surface area contributed by atoms with Gasteiger partial charge in [-0.1, -0.05) is 130 Å². The van der Waals surface area contributed by atoms with E-state index in [2.05, 4.69) is 27.7 Å². The number of unbranched alkanes of at least 4 members (excludes halogenated alkanes) is 12. The maximum atomic E-state index is 11.5. The van der Waals surface area contributed by atoms with Crippen LogP contribution in [0.1, 0.15) is 143 Å². The van der Waals surface area contributed by atoms with Gasteiger partial charge < -0.3 is 20.4 Å². The highest BCUT2D eigenvalue weighted by molar-refractivity contribution is 4.98. The summed E-state index contributed by atoms with van der Waals surface area (Å²) in [5.41, 5.74) is -2.43. The largest absolute Gasteiger partial charge is 0.395 e. The van der Waals surface area contributed by atoms with Crippen LogP contribution < -0.4 is 0 Å². The number of rotatable bonds is 24. The van der Waals surface area contributed by atoms with E-state index in [0.29, 0.717) is 12.8 Å². The van der Waals surface area contributed by atoms with Crippen molar-refractivity contribution in [3.63, 3.8) is 0 Å². The van der Waals surface area contributed by atoms with Crippen molar-refractivity contribution in [3.05, 3.63) is 0 Å². The molecule has 0 saturated heterocycles. The smallest absolute Gasteiger partial charge is 0.0770 e. The standard InChI is InChI=1S/C29H60O4/c1-26(2)19-15-11-7-5-9-13-17-21-29(33,28(23-30,24-31)25-32)22-18-14-10-6-8-12-16-20-27(3)4/h26-27,30-33H,5-25H2,1-4H3. The predicted molar refractivity (Wildman–Crippen MR) is 141 cm³/mol. The van der Waals surface area contributed by atoms with Crippen molar-refractivity contribution < 1.29 is 20.4 Å². The summed E-state index contributed by atoms with van der Waals surface area (Å²) in [6, 6.07) is 0. The quantitative estimate of drug-likeness (QED) is 0.114. The molecule has 33 heavy (non-hydrogen) atoms. The van der Waals surface area contributed by atoms with Crippen LogP contribution in [-0.4, -0.2) is 45.8 Å². The average Bonchev–Trinajstić information content (AvgIpc) is 2.78. The Labute approximate surface area is 206 Å². The molecule has 0 radical (unpaired) electrons. The fourth-order valence-electron chi connectivity index (χ4n) is 4.95. The lowest BCUT2D eigenvalue weighted by atomic mass is 9.68. The zero-order valence-electron chi connectivity index (χ0n) is 22.8. The number of hydrogen-bond acceptors (Lipinski definition) is 4. The number of hydrogen-bond donors (Lipinski definition) is 4. The Morgan fingerprint density at radius 1 is 0.455 bits per heavy atom. The molecule has 0 fully saturated rings. The molecule has 0 bridgehead atoms. The van der Waals surface area contributed by atoms with Gasteiger partial charge in [-0.3, -0.25) is 0 Å². The third-order valence-electron chi connectivity index (χ3n) is 7.64. The molecule has 4 nitrogen and oxygen atoms in total. The summed E-state index contributed by atoms with van der Waals surface area (Å²) in [6.45, 7) is 7.96. The van der Waals surface area contributed by atoms with Crippen molar-refractivity contribution in [1.82, 2.24) is 0 Å². The van der Waals surface area contributed by atoms with Gasteiger partial charge in [-0.2, -0.15) is 0 Å². The minimum atomic E-state index is -1.22. The zero-order chi connectivity index (χ0) is 25.0. The average molecular weight is 473 g/mol. The molecule has 0 aromatic rings.